The first-order valence-corrected chi connectivity index (χ1v) is 6.44. The molecule has 2 heterocycles. The number of hydrogen-bond acceptors (Lipinski definition) is 4. The van der Waals surface area contributed by atoms with Crippen LogP contribution in [0.4, 0.5) is 0 Å². The van der Waals surface area contributed by atoms with Crippen molar-refractivity contribution in [1.82, 2.24) is 25.2 Å². The molecular formula is C14H21N5. The summed E-state index contributed by atoms with van der Waals surface area (Å²) in [6, 6.07) is 6.11. The number of rotatable bonds is 3. The average molecular weight is 259 g/mol. The number of aromatic nitrogens is 5. The predicted molar refractivity (Wildman–Crippen MR) is 73.8 cm³/mol. The first-order chi connectivity index (χ1) is 8.75. The molecule has 0 saturated heterocycles. The fourth-order valence-electron chi connectivity index (χ4n) is 2.02. The minimum Gasteiger partial charge on any atom is -0.258 e. The largest absolute Gasteiger partial charge is 0.258 e. The minimum absolute atomic E-state index is 0.192. The third kappa shape index (κ3) is 2.25. The van der Waals surface area contributed by atoms with Gasteiger partial charge in [0.1, 0.15) is 0 Å². The second kappa shape index (κ2) is 4.40. The highest BCUT2D eigenvalue weighted by molar-refractivity contribution is 5.26. The van der Waals surface area contributed by atoms with E-state index in [0.717, 1.165) is 17.2 Å². The third-order valence-electron chi connectivity index (χ3n) is 4.16. The summed E-state index contributed by atoms with van der Waals surface area (Å²) < 4.78 is 0. The summed E-state index contributed by atoms with van der Waals surface area (Å²) >= 11 is 0. The molecule has 2 aromatic heterocycles. The molecule has 0 fully saturated rings. The van der Waals surface area contributed by atoms with Crippen molar-refractivity contribution in [3.05, 3.63) is 35.4 Å². The molecule has 2 rings (SSSR count). The Kier molecular flexibility index (Phi) is 3.16. The average Bonchev–Trinajstić information content (AvgIpc) is 2.76. The van der Waals surface area contributed by atoms with E-state index in [0.29, 0.717) is 0 Å². The summed E-state index contributed by atoms with van der Waals surface area (Å²) in [7, 11) is 1.78. The fraction of sp³-hybridized carbons (Fsp3) is 0.571. The van der Waals surface area contributed by atoms with Crippen molar-refractivity contribution in [1.29, 1.82) is 0 Å². The van der Waals surface area contributed by atoms with Crippen molar-refractivity contribution in [3.63, 3.8) is 0 Å². The molecule has 0 radical (unpaired) electrons. The summed E-state index contributed by atoms with van der Waals surface area (Å²) in [6.45, 7) is 10.6. The molecule has 5 heteroatoms. The van der Waals surface area contributed by atoms with Gasteiger partial charge < -0.3 is 0 Å². The van der Waals surface area contributed by atoms with Gasteiger partial charge >= 0.3 is 0 Å². The number of pyridine rings is 1. The van der Waals surface area contributed by atoms with Crippen LogP contribution < -0.4 is 0 Å². The maximum atomic E-state index is 4.66. The van der Waals surface area contributed by atoms with Crippen LogP contribution in [-0.2, 0) is 17.9 Å². The molecular weight excluding hydrogens is 238 g/mol. The molecule has 102 valence electrons. The van der Waals surface area contributed by atoms with Crippen LogP contribution >= 0.6 is 0 Å². The number of tetrazole rings is 1. The zero-order chi connectivity index (χ0) is 14.3. The van der Waals surface area contributed by atoms with E-state index in [1.165, 1.54) is 4.80 Å². The second-order valence-electron chi connectivity index (χ2n) is 6.02. The Balaban J connectivity index is 2.48. The van der Waals surface area contributed by atoms with Crippen LogP contribution in [0, 0.1) is 6.92 Å². The third-order valence-corrected chi connectivity index (χ3v) is 4.16. The molecule has 2 aromatic rings. The highest BCUT2D eigenvalue weighted by atomic mass is 15.6. The van der Waals surface area contributed by atoms with Gasteiger partial charge in [-0.1, -0.05) is 33.8 Å². The molecule has 0 N–H and O–H groups in total. The summed E-state index contributed by atoms with van der Waals surface area (Å²) in [5.41, 5.74) is 1.61. The van der Waals surface area contributed by atoms with E-state index in [2.05, 4.69) is 54.2 Å². The highest BCUT2D eigenvalue weighted by Gasteiger charge is 2.44. The van der Waals surface area contributed by atoms with Crippen LogP contribution in [0.15, 0.2) is 18.2 Å². The Hall–Kier alpha value is -1.78. The molecule has 0 unspecified atom stereocenters. The molecule has 0 bridgehead atoms. The molecule has 19 heavy (non-hydrogen) atoms. The Morgan fingerprint density at radius 2 is 1.74 bits per heavy atom. The molecule has 0 aliphatic rings. The van der Waals surface area contributed by atoms with Crippen LogP contribution in [0.3, 0.4) is 0 Å². The van der Waals surface area contributed by atoms with Crippen LogP contribution in [0.25, 0.3) is 0 Å². The molecule has 0 aliphatic carbocycles. The number of hydrogen-bond donors (Lipinski definition) is 0. The first kappa shape index (κ1) is 13.6. The maximum Gasteiger partial charge on any atom is 0.181 e. The van der Waals surface area contributed by atoms with E-state index in [1.54, 1.807) is 7.05 Å². The van der Waals surface area contributed by atoms with Crippen LogP contribution in [0.1, 0.15) is 44.9 Å². The van der Waals surface area contributed by atoms with Gasteiger partial charge in [0.15, 0.2) is 5.82 Å². The van der Waals surface area contributed by atoms with Crippen LogP contribution in [-0.4, -0.2) is 25.2 Å². The van der Waals surface area contributed by atoms with Gasteiger partial charge in [-0.05, 0) is 24.3 Å². The lowest BCUT2D eigenvalue weighted by Gasteiger charge is -2.38. The lowest BCUT2D eigenvalue weighted by atomic mass is 9.65. The highest BCUT2D eigenvalue weighted by Crippen LogP contribution is 2.41. The van der Waals surface area contributed by atoms with Gasteiger partial charge in [0.2, 0.25) is 0 Å². The molecule has 0 amide bonds. The summed E-state index contributed by atoms with van der Waals surface area (Å²) in [6.07, 6.45) is 0. The zero-order valence-electron chi connectivity index (χ0n) is 12.5. The van der Waals surface area contributed by atoms with E-state index in [4.69, 9.17) is 0 Å². The van der Waals surface area contributed by atoms with E-state index >= 15 is 0 Å². The van der Waals surface area contributed by atoms with Crippen LogP contribution in [0.5, 0.6) is 0 Å². The van der Waals surface area contributed by atoms with Gasteiger partial charge in [0, 0.05) is 22.2 Å². The monoisotopic (exact) mass is 259 g/mol. The topological polar surface area (TPSA) is 56.5 Å². The Morgan fingerprint density at radius 1 is 1.05 bits per heavy atom. The fourth-order valence-corrected chi connectivity index (χ4v) is 2.02. The standard InChI is InChI=1S/C14H21N5/c1-10-8-7-9-11(15-10)13(2,3)14(4,5)12-16-18-19(6)17-12/h7-9H,1-6H3. The minimum atomic E-state index is -0.262. The van der Waals surface area contributed by atoms with Gasteiger partial charge in [-0.2, -0.15) is 4.80 Å². The molecule has 0 atom stereocenters. The summed E-state index contributed by atoms with van der Waals surface area (Å²) in [4.78, 5) is 6.16. The normalized spacial score (nSPS) is 12.7. The predicted octanol–water partition coefficient (Wildman–Crippen LogP) is 2.17. The van der Waals surface area contributed by atoms with Gasteiger partial charge in [-0.15, -0.1) is 10.2 Å². The first-order valence-electron chi connectivity index (χ1n) is 6.44. The smallest absolute Gasteiger partial charge is 0.181 e. The van der Waals surface area contributed by atoms with Crippen molar-refractivity contribution in [2.45, 2.75) is 45.4 Å². The number of aryl methyl sites for hydroxylation is 2. The number of nitrogens with zero attached hydrogens (tertiary/aromatic N) is 5. The Labute approximate surface area is 114 Å². The van der Waals surface area contributed by atoms with Gasteiger partial charge in [0.25, 0.3) is 0 Å². The van der Waals surface area contributed by atoms with Crippen molar-refractivity contribution in [3.8, 4) is 0 Å². The van der Waals surface area contributed by atoms with Gasteiger partial charge in [-0.3, -0.25) is 4.98 Å². The maximum absolute atomic E-state index is 4.66. The van der Waals surface area contributed by atoms with Crippen molar-refractivity contribution < 1.29 is 0 Å². The lowest BCUT2D eigenvalue weighted by molar-refractivity contribution is 0.279. The summed E-state index contributed by atoms with van der Waals surface area (Å²) in [5, 5.41) is 12.5. The molecule has 0 spiro atoms. The van der Waals surface area contributed by atoms with E-state index in [9.17, 15) is 0 Å². The SMILES string of the molecule is Cc1cccc(C(C)(C)C(C)(C)c2nnn(C)n2)n1. The zero-order valence-corrected chi connectivity index (χ0v) is 12.5. The molecule has 5 nitrogen and oxygen atoms in total. The van der Waals surface area contributed by atoms with Gasteiger partial charge in [0.05, 0.1) is 7.05 Å². The van der Waals surface area contributed by atoms with E-state index < -0.39 is 0 Å². The molecule has 0 aliphatic heterocycles. The van der Waals surface area contributed by atoms with Gasteiger partial charge in [-0.25, -0.2) is 0 Å². The van der Waals surface area contributed by atoms with E-state index in [1.807, 2.05) is 19.1 Å². The van der Waals surface area contributed by atoms with Crippen molar-refractivity contribution in [2.75, 3.05) is 0 Å². The van der Waals surface area contributed by atoms with Crippen molar-refractivity contribution >= 4 is 0 Å². The second-order valence-corrected chi connectivity index (χ2v) is 6.02. The Morgan fingerprint density at radius 3 is 2.26 bits per heavy atom. The molecule has 0 saturated carbocycles. The summed E-state index contributed by atoms with van der Waals surface area (Å²) in [5.74, 6) is 0.739. The lowest BCUT2D eigenvalue weighted by Crippen LogP contribution is -2.42. The quantitative estimate of drug-likeness (QED) is 0.847. The van der Waals surface area contributed by atoms with E-state index in [-0.39, 0.29) is 10.8 Å². The molecule has 0 aromatic carbocycles. The van der Waals surface area contributed by atoms with Crippen molar-refractivity contribution in [2.24, 2.45) is 7.05 Å². The Bertz CT molecular complexity index is 583. The van der Waals surface area contributed by atoms with Crippen LogP contribution in [0.2, 0.25) is 0 Å².